The van der Waals surface area contributed by atoms with Crippen LogP contribution in [0.15, 0.2) is 28.7 Å². The zero-order valence-electron chi connectivity index (χ0n) is 9.85. The highest BCUT2D eigenvalue weighted by Gasteiger charge is 2.12. The van der Waals surface area contributed by atoms with Gasteiger partial charge < -0.3 is 10.4 Å². The zero-order chi connectivity index (χ0) is 13.5. The topological polar surface area (TPSA) is 66.4 Å². The van der Waals surface area contributed by atoms with Crippen LogP contribution < -0.4 is 5.32 Å². The van der Waals surface area contributed by atoms with Crippen molar-refractivity contribution in [1.82, 2.24) is 0 Å². The molecule has 0 radical (unpaired) electrons. The Labute approximate surface area is 118 Å². The van der Waals surface area contributed by atoms with Crippen molar-refractivity contribution in [2.24, 2.45) is 5.92 Å². The molecule has 0 aliphatic rings. The summed E-state index contributed by atoms with van der Waals surface area (Å²) in [4.78, 5) is 22.2. The first-order valence-corrected chi connectivity index (χ1v) is 7.30. The number of hydrogen-bond donors (Lipinski definition) is 2. The van der Waals surface area contributed by atoms with Crippen molar-refractivity contribution >= 4 is 45.3 Å². The molecule has 6 heteroatoms. The summed E-state index contributed by atoms with van der Waals surface area (Å²) in [5.41, 5.74) is 0.717. The summed E-state index contributed by atoms with van der Waals surface area (Å²) in [5, 5.41) is 11.5. The number of para-hydroxylation sites is 1. The Morgan fingerprint density at radius 1 is 1.44 bits per heavy atom. The van der Waals surface area contributed by atoms with Gasteiger partial charge in [0.15, 0.2) is 0 Å². The minimum atomic E-state index is -0.839. The summed E-state index contributed by atoms with van der Waals surface area (Å²) < 4.78 is 0.822. The molecule has 0 fully saturated rings. The number of carboxylic acids is 1. The van der Waals surface area contributed by atoms with Crippen LogP contribution in [-0.2, 0) is 9.59 Å². The quantitative estimate of drug-likeness (QED) is 0.841. The van der Waals surface area contributed by atoms with Gasteiger partial charge in [0.1, 0.15) is 0 Å². The number of thioether (sulfide) groups is 1. The number of halogens is 1. The monoisotopic (exact) mass is 331 g/mol. The highest BCUT2D eigenvalue weighted by Crippen LogP contribution is 2.21. The van der Waals surface area contributed by atoms with E-state index in [1.54, 1.807) is 13.0 Å². The third kappa shape index (κ3) is 5.10. The van der Waals surface area contributed by atoms with E-state index in [9.17, 15) is 9.59 Å². The normalized spacial score (nSPS) is 11.9. The highest BCUT2D eigenvalue weighted by atomic mass is 79.9. The molecule has 1 rings (SSSR count). The number of carbonyl (C=O) groups excluding carboxylic acids is 1. The van der Waals surface area contributed by atoms with Gasteiger partial charge in [-0.3, -0.25) is 9.59 Å². The van der Waals surface area contributed by atoms with Crippen molar-refractivity contribution in [3.05, 3.63) is 28.7 Å². The summed E-state index contributed by atoms with van der Waals surface area (Å²) in [6, 6.07) is 7.34. The summed E-state index contributed by atoms with van der Waals surface area (Å²) in [6.45, 7) is 1.63. The van der Waals surface area contributed by atoms with Crippen LogP contribution in [0.2, 0.25) is 0 Å². The molecule has 0 saturated heterocycles. The maximum absolute atomic E-state index is 11.6. The molecule has 1 atom stereocenters. The van der Waals surface area contributed by atoms with E-state index < -0.39 is 11.9 Å². The number of amides is 1. The fourth-order valence-corrected chi connectivity index (χ4v) is 2.40. The lowest BCUT2D eigenvalue weighted by molar-refractivity contribution is -0.140. The number of aliphatic carboxylic acids is 1. The minimum Gasteiger partial charge on any atom is -0.481 e. The second-order valence-corrected chi connectivity index (χ2v) is 5.67. The number of benzene rings is 1. The Morgan fingerprint density at radius 3 is 2.72 bits per heavy atom. The molecule has 1 unspecified atom stereocenters. The molecule has 1 amide bonds. The number of hydrogen-bond acceptors (Lipinski definition) is 3. The van der Waals surface area contributed by atoms with Gasteiger partial charge in [-0.05, 0) is 28.1 Å². The summed E-state index contributed by atoms with van der Waals surface area (Å²) in [5.74, 6) is -0.734. The Kier molecular flexibility index (Phi) is 6.21. The van der Waals surface area contributed by atoms with Crippen LogP contribution in [0.5, 0.6) is 0 Å². The second kappa shape index (κ2) is 7.43. The number of carboxylic acid groups (broad SMARTS) is 1. The highest BCUT2D eigenvalue weighted by molar-refractivity contribution is 9.10. The lowest BCUT2D eigenvalue weighted by Gasteiger charge is -2.08. The molecule has 0 spiro atoms. The molecule has 0 saturated carbocycles. The van der Waals surface area contributed by atoms with Crippen molar-refractivity contribution in [1.29, 1.82) is 0 Å². The Balaban J connectivity index is 2.35. The number of carbonyl (C=O) groups is 2. The van der Waals surface area contributed by atoms with Crippen LogP contribution in [0.1, 0.15) is 6.92 Å². The fourth-order valence-electron chi connectivity index (χ4n) is 1.15. The summed E-state index contributed by atoms with van der Waals surface area (Å²) >= 11 is 4.65. The van der Waals surface area contributed by atoms with Crippen LogP contribution in [0.3, 0.4) is 0 Å². The van der Waals surface area contributed by atoms with E-state index in [1.807, 2.05) is 18.2 Å². The smallest absolute Gasteiger partial charge is 0.307 e. The van der Waals surface area contributed by atoms with Gasteiger partial charge in [-0.15, -0.1) is 0 Å². The first kappa shape index (κ1) is 15.0. The summed E-state index contributed by atoms with van der Waals surface area (Å²) in [7, 11) is 0. The van der Waals surface area contributed by atoms with Gasteiger partial charge in [0.25, 0.3) is 0 Å². The standard InChI is InChI=1S/C12H14BrNO3S/c1-8(12(16)17)6-18-7-11(15)14-10-5-3-2-4-9(10)13/h2-5,8H,6-7H2,1H3,(H,14,15)(H,16,17). The average molecular weight is 332 g/mol. The Bertz CT molecular complexity index is 439. The predicted molar refractivity (Wildman–Crippen MR) is 76.9 cm³/mol. The molecule has 0 aliphatic heterocycles. The zero-order valence-corrected chi connectivity index (χ0v) is 12.3. The van der Waals surface area contributed by atoms with E-state index in [2.05, 4.69) is 21.2 Å². The Hall–Kier alpha value is -1.01. The molecule has 4 nitrogen and oxygen atoms in total. The second-order valence-electron chi connectivity index (χ2n) is 3.78. The van der Waals surface area contributed by atoms with E-state index in [0.29, 0.717) is 5.75 Å². The number of nitrogens with one attached hydrogen (secondary N) is 1. The van der Waals surface area contributed by atoms with Crippen LogP contribution in [0, 0.1) is 5.92 Å². The van der Waals surface area contributed by atoms with Gasteiger partial charge in [0.2, 0.25) is 5.91 Å². The molecule has 1 aromatic carbocycles. The van der Waals surface area contributed by atoms with Gasteiger partial charge in [0.05, 0.1) is 17.4 Å². The minimum absolute atomic E-state index is 0.135. The molecule has 0 aliphatic carbocycles. The van der Waals surface area contributed by atoms with E-state index in [4.69, 9.17) is 5.11 Å². The van der Waals surface area contributed by atoms with Gasteiger partial charge >= 0.3 is 5.97 Å². The van der Waals surface area contributed by atoms with Crippen LogP contribution in [-0.4, -0.2) is 28.5 Å². The van der Waals surface area contributed by atoms with Crippen molar-refractivity contribution < 1.29 is 14.7 Å². The van der Waals surface area contributed by atoms with Gasteiger partial charge in [-0.25, -0.2) is 0 Å². The maximum Gasteiger partial charge on any atom is 0.307 e. The van der Waals surface area contributed by atoms with Crippen LogP contribution >= 0.6 is 27.7 Å². The van der Waals surface area contributed by atoms with Crippen LogP contribution in [0.4, 0.5) is 5.69 Å². The van der Waals surface area contributed by atoms with E-state index in [1.165, 1.54) is 11.8 Å². The SMILES string of the molecule is CC(CSCC(=O)Nc1ccccc1Br)C(=O)O. The molecule has 0 heterocycles. The molecule has 18 heavy (non-hydrogen) atoms. The summed E-state index contributed by atoms with van der Waals surface area (Å²) in [6.07, 6.45) is 0. The maximum atomic E-state index is 11.6. The molecular weight excluding hydrogens is 318 g/mol. The van der Waals surface area contributed by atoms with E-state index in [0.717, 1.165) is 10.2 Å². The average Bonchev–Trinajstić information content (AvgIpc) is 2.32. The van der Waals surface area contributed by atoms with E-state index in [-0.39, 0.29) is 11.7 Å². The third-order valence-corrected chi connectivity index (χ3v) is 4.06. The first-order chi connectivity index (χ1) is 8.50. The van der Waals surface area contributed by atoms with Gasteiger partial charge in [-0.1, -0.05) is 19.1 Å². The molecular formula is C12H14BrNO3S. The largest absolute Gasteiger partial charge is 0.481 e. The van der Waals surface area contributed by atoms with Gasteiger partial charge in [0, 0.05) is 10.2 Å². The lowest BCUT2D eigenvalue weighted by atomic mass is 10.2. The Morgan fingerprint density at radius 2 is 2.11 bits per heavy atom. The molecule has 1 aromatic rings. The van der Waals surface area contributed by atoms with Gasteiger partial charge in [-0.2, -0.15) is 11.8 Å². The van der Waals surface area contributed by atoms with Crippen molar-refractivity contribution in [2.45, 2.75) is 6.92 Å². The molecule has 0 bridgehead atoms. The van der Waals surface area contributed by atoms with Crippen molar-refractivity contribution in [2.75, 3.05) is 16.8 Å². The van der Waals surface area contributed by atoms with Crippen molar-refractivity contribution in [3.63, 3.8) is 0 Å². The lowest BCUT2D eigenvalue weighted by Crippen LogP contribution is -2.17. The number of rotatable bonds is 6. The number of anilines is 1. The van der Waals surface area contributed by atoms with Crippen molar-refractivity contribution in [3.8, 4) is 0 Å². The predicted octanol–water partition coefficient (Wildman–Crippen LogP) is 2.84. The molecule has 98 valence electrons. The first-order valence-electron chi connectivity index (χ1n) is 5.35. The molecule has 0 aromatic heterocycles. The molecule has 2 N–H and O–H groups in total. The third-order valence-electron chi connectivity index (χ3n) is 2.17. The van der Waals surface area contributed by atoms with E-state index >= 15 is 0 Å². The fraction of sp³-hybridized carbons (Fsp3) is 0.333. The van der Waals surface area contributed by atoms with Crippen LogP contribution in [0.25, 0.3) is 0 Å².